The molecule has 23 heavy (non-hydrogen) atoms. The van der Waals surface area contributed by atoms with Crippen LogP contribution < -0.4 is 14.5 Å². The van der Waals surface area contributed by atoms with E-state index in [0.717, 1.165) is 0 Å². The minimum Gasteiger partial charge on any atom is -0.361 e. The molecule has 0 saturated heterocycles. The standard InChI is InChI=1S/C13H21N7O2S/c1-9-15-11(8-20(9)6)23(21,22)17-10-7-14-13(19(4)5)16-12(10)18(2)3/h7-8,17H,1-6H3. The van der Waals surface area contributed by atoms with Crippen LogP contribution in [0.4, 0.5) is 17.5 Å². The van der Waals surface area contributed by atoms with Crippen LogP contribution >= 0.6 is 0 Å². The molecule has 0 bridgehead atoms. The second-order valence-electron chi connectivity index (χ2n) is 5.54. The molecule has 0 aliphatic rings. The summed E-state index contributed by atoms with van der Waals surface area (Å²) in [7, 11) is 5.13. The molecule has 126 valence electrons. The van der Waals surface area contributed by atoms with Gasteiger partial charge in [0.1, 0.15) is 11.5 Å². The minimum absolute atomic E-state index is 0.0427. The van der Waals surface area contributed by atoms with Crippen LogP contribution in [0.3, 0.4) is 0 Å². The normalized spacial score (nSPS) is 11.4. The Morgan fingerprint density at radius 3 is 2.26 bits per heavy atom. The average molecular weight is 339 g/mol. The van der Waals surface area contributed by atoms with E-state index in [4.69, 9.17) is 0 Å². The van der Waals surface area contributed by atoms with Crippen LogP contribution in [-0.4, -0.2) is 56.1 Å². The van der Waals surface area contributed by atoms with Gasteiger partial charge < -0.3 is 14.4 Å². The number of nitrogens with zero attached hydrogens (tertiary/aromatic N) is 6. The SMILES string of the molecule is Cc1nc(S(=O)(=O)Nc2cnc(N(C)C)nc2N(C)C)cn1C. The molecule has 2 heterocycles. The highest BCUT2D eigenvalue weighted by molar-refractivity contribution is 7.92. The van der Waals surface area contributed by atoms with E-state index in [1.54, 1.807) is 42.4 Å². The smallest absolute Gasteiger partial charge is 0.281 e. The van der Waals surface area contributed by atoms with Crippen LogP contribution in [0.2, 0.25) is 0 Å². The second-order valence-corrected chi connectivity index (χ2v) is 7.17. The Bertz CT molecular complexity index is 792. The Hall–Kier alpha value is -2.36. The molecule has 9 nitrogen and oxygen atoms in total. The van der Waals surface area contributed by atoms with Gasteiger partial charge in [-0.25, -0.2) is 9.97 Å². The summed E-state index contributed by atoms with van der Waals surface area (Å²) >= 11 is 0. The first kappa shape index (κ1) is 17.0. The Balaban J connectivity index is 2.42. The molecule has 0 amide bonds. The Morgan fingerprint density at radius 1 is 1.13 bits per heavy atom. The summed E-state index contributed by atoms with van der Waals surface area (Å²) in [6.07, 6.45) is 2.91. The number of nitrogens with one attached hydrogen (secondary N) is 1. The monoisotopic (exact) mass is 339 g/mol. The Labute approximate surface area is 136 Å². The van der Waals surface area contributed by atoms with Crippen molar-refractivity contribution < 1.29 is 8.42 Å². The molecular weight excluding hydrogens is 318 g/mol. The Morgan fingerprint density at radius 2 is 1.78 bits per heavy atom. The number of hydrogen-bond donors (Lipinski definition) is 1. The molecule has 0 saturated carbocycles. The van der Waals surface area contributed by atoms with Crippen LogP contribution in [0.15, 0.2) is 17.4 Å². The van der Waals surface area contributed by atoms with Crippen LogP contribution in [0, 0.1) is 6.92 Å². The van der Waals surface area contributed by atoms with Gasteiger partial charge in [0, 0.05) is 41.4 Å². The highest BCUT2D eigenvalue weighted by Crippen LogP contribution is 2.25. The van der Waals surface area contributed by atoms with E-state index in [1.807, 2.05) is 14.1 Å². The molecule has 0 fully saturated rings. The number of aryl methyl sites for hydroxylation is 2. The lowest BCUT2D eigenvalue weighted by Crippen LogP contribution is -2.21. The van der Waals surface area contributed by atoms with Crippen molar-refractivity contribution in [2.45, 2.75) is 11.9 Å². The molecule has 0 atom stereocenters. The van der Waals surface area contributed by atoms with Crippen LogP contribution in [0.25, 0.3) is 0 Å². The molecule has 0 aliphatic heterocycles. The third kappa shape index (κ3) is 3.52. The number of anilines is 3. The first-order valence-electron chi connectivity index (χ1n) is 6.86. The molecule has 0 aromatic carbocycles. The summed E-state index contributed by atoms with van der Waals surface area (Å²) in [6.45, 7) is 1.74. The molecule has 0 aliphatic carbocycles. The van der Waals surface area contributed by atoms with Crippen LogP contribution in [0.1, 0.15) is 5.82 Å². The quantitative estimate of drug-likeness (QED) is 0.845. The van der Waals surface area contributed by atoms with E-state index < -0.39 is 10.0 Å². The number of aromatic nitrogens is 4. The maximum Gasteiger partial charge on any atom is 0.281 e. The first-order chi connectivity index (χ1) is 10.6. The van der Waals surface area contributed by atoms with E-state index in [1.165, 1.54) is 12.4 Å². The van der Waals surface area contributed by atoms with E-state index >= 15 is 0 Å². The number of hydrogen-bond acceptors (Lipinski definition) is 7. The van der Waals surface area contributed by atoms with Crippen molar-refractivity contribution >= 4 is 27.5 Å². The summed E-state index contributed by atoms with van der Waals surface area (Å²) in [4.78, 5) is 16.0. The van der Waals surface area contributed by atoms with Gasteiger partial charge in [-0.2, -0.15) is 13.4 Å². The van der Waals surface area contributed by atoms with E-state index in [9.17, 15) is 8.42 Å². The molecule has 2 aromatic rings. The summed E-state index contributed by atoms with van der Waals surface area (Å²) in [5, 5.41) is -0.0427. The minimum atomic E-state index is -3.81. The largest absolute Gasteiger partial charge is 0.361 e. The lowest BCUT2D eigenvalue weighted by atomic mass is 10.4. The van der Waals surface area contributed by atoms with Crippen molar-refractivity contribution in [2.75, 3.05) is 42.7 Å². The van der Waals surface area contributed by atoms with Gasteiger partial charge in [-0.05, 0) is 6.92 Å². The predicted molar refractivity (Wildman–Crippen MR) is 89.4 cm³/mol. The number of rotatable bonds is 5. The van der Waals surface area contributed by atoms with E-state index in [-0.39, 0.29) is 5.03 Å². The fourth-order valence-electron chi connectivity index (χ4n) is 1.85. The topological polar surface area (TPSA) is 96.2 Å². The second kappa shape index (κ2) is 6.03. The van der Waals surface area contributed by atoms with Gasteiger partial charge in [0.15, 0.2) is 10.8 Å². The lowest BCUT2D eigenvalue weighted by Gasteiger charge is -2.19. The number of sulfonamides is 1. The van der Waals surface area contributed by atoms with Gasteiger partial charge in [-0.15, -0.1) is 0 Å². The average Bonchev–Trinajstić information content (AvgIpc) is 2.79. The van der Waals surface area contributed by atoms with E-state index in [2.05, 4.69) is 19.7 Å². The maximum atomic E-state index is 12.5. The summed E-state index contributed by atoms with van der Waals surface area (Å²) < 4.78 is 29.1. The van der Waals surface area contributed by atoms with Gasteiger partial charge in [0.05, 0.1) is 6.20 Å². The third-order valence-electron chi connectivity index (χ3n) is 3.19. The Kier molecular flexibility index (Phi) is 4.46. The van der Waals surface area contributed by atoms with Gasteiger partial charge in [-0.3, -0.25) is 4.72 Å². The molecule has 0 radical (unpaired) electrons. The van der Waals surface area contributed by atoms with Gasteiger partial charge >= 0.3 is 0 Å². The first-order valence-corrected chi connectivity index (χ1v) is 8.34. The van der Waals surface area contributed by atoms with Crippen molar-refractivity contribution in [3.8, 4) is 0 Å². The zero-order valence-electron chi connectivity index (χ0n) is 14.1. The molecule has 0 unspecified atom stereocenters. The molecular formula is C13H21N7O2S. The summed E-state index contributed by atoms with van der Waals surface area (Å²) in [6, 6.07) is 0. The summed E-state index contributed by atoms with van der Waals surface area (Å²) in [5.41, 5.74) is 0.295. The number of imidazole rings is 1. The molecule has 2 rings (SSSR count). The molecule has 10 heteroatoms. The van der Waals surface area contributed by atoms with Crippen molar-refractivity contribution in [3.63, 3.8) is 0 Å². The lowest BCUT2D eigenvalue weighted by molar-refractivity contribution is 0.598. The maximum absolute atomic E-state index is 12.5. The van der Waals surface area contributed by atoms with Gasteiger partial charge in [-0.1, -0.05) is 0 Å². The summed E-state index contributed by atoms with van der Waals surface area (Å²) in [5.74, 6) is 1.57. The zero-order valence-corrected chi connectivity index (χ0v) is 14.9. The van der Waals surface area contributed by atoms with Gasteiger partial charge in [0.2, 0.25) is 5.95 Å². The van der Waals surface area contributed by atoms with Crippen molar-refractivity contribution in [2.24, 2.45) is 7.05 Å². The predicted octanol–water partition coefficient (Wildman–Crippen LogP) is 0.451. The molecule has 1 N–H and O–H groups in total. The fourth-order valence-corrected chi connectivity index (χ4v) is 2.93. The van der Waals surface area contributed by atoms with Crippen molar-refractivity contribution in [1.29, 1.82) is 0 Å². The third-order valence-corrected chi connectivity index (χ3v) is 4.42. The fraction of sp³-hybridized carbons (Fsp3) is 0.462. The van der Waals surface area contributed by atoms with Gasteiger partial charge in [0.25, 0.3) is 10.0 Å². The van der Waals surface area contributed by atoms with Crippen LogP contribution in [0.5, 0.6) is 0 Å². The highest BCUT2D eigenvalue weighted by atomic mass is 32.2. The van der Waals surface area contributed by atoms with Crippen LogP contribution in [-0.2, 0) is 17.1 Å². The van der Waals surface area contributed by atoms with Crippen molar-refractivity contribution in [1.82, 2.24) is 19.5 Å². The molecule has 0 spiro atoms. The van der Waals surface area contributed by atoms with E-state index in [0.29, 0.717) is 23.3 Å². The molecule has 2 aromatic heterocycles. The van der Waals surface area contributed by atoms with Crippen molar-refractivity contribution in [3.05, 3.63) is 18.2 Å². The highest BCUT2D eigenvalue weighted by Gasteiger charge is 2.22. The zero-order chi connectivity index (χ0) is 17.4.